The van der Waals surface area contributed by atoms with Crippen molar-refractivity contribution in [3.63, 3.8) is 0 Å². The number of nitrogens with one attached hydrogen (secondary N) is 1. The second-order valence-electron chi connectivity index (χ2n) is 5.96. The van der Waals surface area contributed by atoms with Crippen LogP contribution in [0.15, 0.2) is 0 Å². The Morgan fingerprint density at radius 2 is 1.56 bits per heavy atom. The molecule has 0 aliphatic heterocycles. The average Bonchev–Trinajstić information content (AvgIpc) is 2.66. The molecular weight excluding hydrogens is 230 g/mol. The molecule has 1 aliphatic carbocycles. The number of amides is 1. The molecule has 0 heterocycles. The second kappa shape index (κ2) is 5.57. The molecule has 4 nitrogen and oxygen atoms in total. The molecular formula is C14H27NO3. The van der Waals surface area contributed by atoms with Crippen molar-refractivity contribution in [2.24, 2.45) is 16.7 Å². The van der Waals surface area contributed by atoms with E-state index in [9.17, 15) is 4.79 Å². The van der Waals surface area contributed by atoms with Crippen LogP contribution in [0.3, 0.4) is 0 Å². The molecule has 1 saturated carbocycles. The topological polar surface area (TPSA) is 47.6 Å². The van der Waals surface area contributed by atoms with E-state index < -0.39 is 0 Å². The Bertz CT molecular complexity index is 279. The van der Waals surface area contributed by atoms with E-state index in [2.05, 4.69) is 33.0 Å². The van der Waals surface area contributed by atoms with Crippen LogP contribution in [0.1, 0.15) is 41.5 Å². The minimum Gasteiger partial charge on any atom is -0.351 e. The van der Waals surface area contributed by atoms with Crippen LogP contribution in [0.2, 0.25) is 0 Å². The van der Waals surface area contributed by atoms with E-state index in [0.29, 0.717) is 19.8 Å². The predicted octanol–water partition coefficient (Wildman–Crippen LogP) is 2.18. The largest absolute Gasteiger partial charge is 0.351 e. The van der Waals surface area contributed by atoms with Gasteiger partial charge in [0.2, 0.25) is 5.91 Å². The lowest BCUT2D eigenvalue weighted by Gasteiger charge is -2.17. The third kappa shape index (κ3) is 2.86. The van der Waals surface area contributed by atoms with Crippen molar-refractivity contribution in [1.82, 2.24) is 5.32 Å². The van der Waals surface area contributed by atoms with Crippen LogP contribution < -0.4 is 5.32 Å². The first-order chi connectivity index (χ1) is 8.29. The number of hydrogen-bond acceptors (Lipinski definition) is 3. The van der Waals surface area contributed by atoms with Crippen molar-refractivity contribution in [3.05, 3.63) is 0 Å². The molecule has 0 unspecified atom stereocenters. The summed E-state index contributed by atoms with van der Waals surface area (Å²) >= 11 is 0. The normalized spacial score (nSPS) is 21.1. The summed E-state index contributed by atoms with van der Waals surface area (Å²) in [5.74, 6) is 0.184. The molecule has 0 aromatic rings. The molecule has 0 spiro atoms. The summed E-state index contributed by atoms with van der Waals surface area (Å²) in [6, 6.07) is 0. The van der Waals surface area contributed by atoms with E-state index in [1.54, 1.807) is 0 Å². The molecule has 1 rings (SSSR count). The zero-order valence-corrected chi connectivity index (χ0v) is 12.5. The Kier molecular flexibility index (Phi) is 4.78. The zero-order valence-electron chi connectivity index (χ0n) is 12.5. The molecule has 0 aromatic carbocycles. The van der Waals surface area contributed by atoms with Crippen LogP contribution in [0, 0.1) is 16.7 Å². The third-order valence-electron chi connectivity index (χ3n) is 4.43. The molecule has 0 bridgehead atoms. The van der Waals surface area contributed by atoms with Crippen molar-refractivity contribution in [2.45, 2.75) is 47.8 Å². The fraction of sp³-hybridized carbons (Fsp3) is 0.929. The lowest BCUT2D eigenvalue weighted by atomic mass is 10.0. The quantitative estimate of drug-likeness (QED) is 0.711. The lowest BCUT2D eigenvalue weighted by molar-refractivity contribution is -0.141. The van der Waals surface area contributed by atoms with Crippen molar-refractivity contribution in [3.8, 4) is 0 Å². The number of hydrogen-bond donors (Lipinski definition) is 1. The molecule has 106 valence electrons. The van der Waals surface area contributed by atoms with Gasteiger partial charge in [-0.1, -0.05) is 27.7 Å². The van der Waals surface area contributed by atoms with Crippen LogP contribution in [-0.2, 0) is 14.3 Å². The molecule has 0 atom stereocenters. The molecule has 1 aliphatic rings. The van der Waals surface area contributed by atoms with Crippen LogP contribution in [0.25, 0.3) is 0 Å². The molecule has 4 heteroatoms. The number of carbonyl (C=O) groups excluding carboxylic acids is 1. The van der Waals surface area contributed by atoms with Gasteiger partial charge in [0.15, 0.2) is 6.29 Å². The Labute approximate surface area is 110 Å². The van der Waals surface area contributed by atoms with Crippen LogP contribution in [0.4, 0.5) is 0 Å². The first kappa shape index (κ1) is 15.4. The summed E-state index contributed by atoms with van der Waals surface area (Å²) in [7, 11) is 0. The molecule has 18 heavy (non-hydrogen) atoms. The average molecular weight is 257 g/mol. The van der Waals surface area contributed by atoms with E-state index in [1.165, 1.54) is 0 Å². The predicted molar refractivity (Wildman–Crippen MR) is 71.1 cm³/mol. The maximum Gasteiger partial charge on any atom is 0.224 e. The Hall–Kier alpha value is -0.610. The van der Waals surface area contributed by atoms with Gasteiger partial charge in [-0.3, -0.25) is 4.79 Å². The number of ether oxygens (including phenoxy) is 2. The molecule has 1 fully saturated rings. The van der Waals surface area contributed by atoms with Crippen LogP contribution in [0.5, 0.6) is 0 Å². The van der Waals surface area contributed by atoms with Gasteiger partial charge >= 0.3 is 0 Å². The van der Waals surface area contributed by atoms with Crippen molar-refractivity contribution in [1.29, 1.82) is 0 Å². The first-order valence-corrected chi connectivity index (χ1v) is 6.79. The SMILES string of the molecule is CCOC(CNC(=O)C1C(C)(C)C1(C)C)OCC. The minimum absolute atomic E-state index is 0.0732. The highest BCUT2D eigenvalue weighted by atomic mass is 16.7. The van der Waals surface area contributed by atoms with Gasteiger partial charge < -0.3 is 14.8 Å². The van der Waals surface area contributed by atoms with Crippen LogP contribution >= 0.6 is 0 Å². The summed E-state index contributed by atoms with van der Waals surface area (Å²) in [5.41, 5.74) is 0.146. The van der Waals surface area contributed by atoms with Gasteiger partial charge in [0, 0.05) is 19.1 Å². The van der Waals surface area contributed by atoms with Gasteiger partial charge in [-0.05, 0) is 24.7 Å². The molecule has 0 aromatic heterocycles. The highest BCUT2D eigenvalue weighted by Crippen LogP contribution is 2.68. The van der Waals surface area contributed by atoms with E-state index in [0.717, 1.165) is 0 Å². The van der Waals surface area contributed by atoms with Gasteiger partial charge in [0.05, 0.1) is 6.54 Å². The smallest absolute Gasteiger partial charge is 0.224 e. The van der Waals surface area contributed by atoms with Gasteiger partial charge in [-0.25, -0.2) is 0 Å². The summed E-state index contributed by atoms with van der Waals surface area (Å²) < 4.78 is 10.8. The van der Waals surface area contributed by atoms with E-state index >= 15 is 0 Å². The number of rotatable bonds is 7. The minimum atomic E-state index is -0.339. The summed E-state index contributed by atoms with van der Waals surface area (Å²) in [6.07, 6.45) is -0.339. The van der Waals surface area contributed by atoms with Crippen molar-refractivity contribution in [2.75, 3.05) is 19.8 Å². The van der Waals surface area contributed by atoms with Crippen molar-refractivity contribution < 1.29 is 14.3 Å². The summed E-state index contributed by atoms with van der Waals surface area (Å²) in [5, 5.41) is 2.94. The molecule has 1 N–H and O–H groups in total. The highest BCUT2D eigenvalue weighted by Gasteiger charge is 2.68. The second-order valence-corrected chi connectivity index (χ2v) is 5.96. The molecule has 0 saturated heterocycles. The van der Waals surface area contributed by atoms with Crippen LogP contribution in [-0.4, -0.2) is 32.0 Å². The van der Waals surface area contributed by atoms with E-state index in [4.69, 9.17) is 9.47 Å². The van der Waals surface area contributed by atoms with Crippen molar-refractivity contribution >= 4 is 5.91 Å². The Morgan fingerprint density at radius 1 is 1.11 bits per heavy atom. The van der Waals surface area contributed by atoms with E-state index in [1.807, 2.05) is 13.8 Å². The number of carbonyl (C=O) groups is 1. The summed E-state index contributed by atoms with van der Waals surface area (Å²) in [6.45, 7) is 14.0. The zero-order chi connectivity index (χ0) is 14.0. The third-order valence-corrected chi connectivity index (χ3v) is 4.43. The summed E-state index contributed by atoms with van der Waals surface area (Å²) in [4.78, 5) is 12.1. The molecule has 0 radical (unpaired) electrons. The maximum absolute atomic E-state index is 12.1. The van der Waals surface area contributed by atoms with Gasteiger partial charge in [0.1, 0.15) is 0 Å². The molecule has 1 amide bonds. The fourth-order valence-electron chi connectivity index (χ4n) is 2.68. The maximum atomic E-state index is 12.1. The first-order valence-electron chi connectivity index (χ1n) is 6.79. The van der Waals surface area contributed by atoms with Gasteiger partial charge in [-0.2, -0.15) is 0 Å². The lowest BCUT2D eigenvalue weighted by Crippen LogP contribution is -2.37. The highest BCUT2D eigenvalue weighted by molar-refractivity contribution is 5.84. The Balaban J connectivity index is 2.42. The Morgan fingerprint density at radius 3 is 1.89 bits per heavy atom. The van der Waals surface area contributed by atoms with Gasteiger partial charge in [-0.15, -0.1) is 0 Å². The van der Waals surface area contributed by atoms with Gasteiger partial charge in [0.25, 0.3) is 0 Å². The monoisotopic (exact) mass is 257 g/mol. The standard InChI is InChI=1S/C14H27NO3/c1-7-17-10(18-8-2)9-15-12(16)11-13(3,4)14(11,5)6/h10-11H,7-9H2,1-6H3,(H,15,16). The fourth-order valence-corrected chi connectivity index (χ4v) is 2.68. The van der Waals surface area contributed by atoms with E-state index in [-0.39, 0.29) is 28.9 Å².